The lowest BCUT2D eigenvalue weighted by Gasteiger charge is -2.08. The number of hydrogen-bond acceptors (Lipinski definition) is 7. The van der Waals surface area contributed by atoms with Crippen LogP contribution in [0.1, 0.15) is 16.7 Å². The zero-order chi connectivity index (χ0) is 32.5. The smallest absolute Gasteiger partial charge is 0.178 e. The van der Waals surface area contributed by atoms with E-state index in [1.165, 1.54) is 23.8 Å². The van der Waals surface area contributed by atoms with E-state index in [1.807, 2.05) is 30.3 Å². The number of halogens is 2. The third-order valence-corrected chi connectivity index (χ3v) is 8.85. The molecule has 12 heteroatoms. The molecule has 0 radical (unpaired) electrons. The maximum Gasteiger partial charge on any atom is 0.178 e. The van der Waals surface area contributed by atoms with E-state index >= 15 is 4.39 Å². The average molecular weight is 650 g/mol. The van der Waals surface area contributed by atoms with E-state index in [9.17, 15) is 12.8 Å². The Labute approximate surface area is 269 Å². The van der Waals surface area contributed by atoms with Crippen LogP contribution in [0.3, 0.4) is 0 Å². The van der Waals surface area contributed by atoms with Gasteiger partial charge in [0.1, 0.15) is 26.9 Å². The summed E-state index contributed by atoms with van der Waals surface area (Å²) >= 11 is 0. The number of fused-ring (bicyclic) bond motifs is 2. The molecule has 236 valence electrons. The summed E-state index contributed by atoms with van der Waals surface area (Å²) in [6.45, 7) is 1.30. The third-order valence-electron chi connectivity index (χ3n) is 7.90. The van der Waals surface area contributed by atoms with Gasteiger partial charge in [-0.1, -0.05) is 36.4 Å². The first-order chi connectivity index (χ1) is 22.7. The number of nitrogens with zero attached hydrogens (tertiary/aromatic N) is 4. The molecule has 4 heterocycles. The van der Waals surface area contributed by atoms with Crippen LogP contribution in [0.15, 0.2) is 91.4 Å². The first-order valence-corrected chi connectivity index (χ1v) is 17.0. The van der Waals surface area contributed by atoms with Crippen molar-refractivity contribution in [1.29, 1.82) is 0 Å². The largest absolute Gasteiger partial charge is 0.335 e. The molecular weight excluding hydrogens is 620 g/mol. The number of benzene rings is 3. The fourth-order valence-electron chi connectivity index (χ4n) is 5.64. The lowest BCUT2D eigenvalue weighted by Crippen LogP contribution is -2.12. The van der Waals surface area contributed by atoms with E-state index < -0.39 is 21.5 Å². The van der Waals surface area contributed by atoms with E-state index in [0.29, 0.717) is 63.4 Å². The van der Waals surface area contributed by atoms with Crippen LogP contribution < -0.4 is 5.32 Å². The first kappa shape index (κ1) is 30.3. The molecule has 0 aliphatic heterocycles. The quantitative estimate of drug-likeness (QED) is 0.157. The van der Waals surface area contributed by atoms with E-state index in [4.69, 9.17) is 0 Å². The van der Waals surface area contributed by atoms with E-state index in [1.54, 1.807) is 30.7 Å². The Morgan fingerprint density at radius 1 is 0.851 bits per heavy atom. The predicted octanol–water partition coefficient (Wildman–Crippen LogP) is 6.39. The number of hydrogen-bond donors (Lipinski definition) is 3. The summed E-state index contributed by atoms with van der Waals surface area (Å²) in [5, 5.41) is 11.1. The molecule has 0 fully saturated rings. The number of H-pyrrole nitrogens is 2. The number of imidazole rings is 1. The number of sulfone groups is 1. The normalized spacial score (nSPS) is 11.9. The van der Waals surface area contributed by atoms with Crippen LogP contribution in [0.4, 0.5) is 8.78 Å². The van der Waals surface area contributed by atoms with Gasteiger partial charge in [0.05, 0.1) is 11.3 Å². The Morgan fingerprint density at radius 2 is 1.66 bits per heavy atom. The van der Waals surface area contributed by atoms with Crippen molar-refractivity contribution in [3.05, 3.63) is 120 Å². The van der Waals surface area contributed by atoms with E-state index in [-0.39, 0.29) is 17.7 Å². The molecule has 7 aromatic rings. The molecule has 0 aliphatic carbocycles. The minimum Gasteiger partial charge on any atom is -0.335 e. The summed E-state index contributed by atoms with van der Waals surface area (Å²) in [5.74, 6) is -0.690. The van der Waals surface area contributed by atoms with Gasteiger partial charge < -0.3 is 10.3 Å². The van der Waals surface area contributed by atoms with Crippen molar-refractivity contribution in [2.45, 2.75) is 19.5 Å². The van der Waals surface area contributed by atoms with Crippen molar-refractivity contribution in [2.24, 2.45) is 0 Å². The van der Waals surface area contributed by atoms with Gasteiger partial charge >= 0.3 is 0 Å². The summed E-state index contributed by atoms with van der Waals surface area (Å²) in [7, 11) is -3.22. The van der Waals surface area contributed by atoms with Crippen LogP contribution in [0.5, 0.6) is 0 Å². The molecule has 0 aliphatic rings. The molecule has 0 amide bonds. The van der Waals surface area contributed by atoms with Gasteiger partial charge in [0.15, 0.2) is 17.3 Å². The second kappa shape index (κ2) is 12.5. The Hall–Kier alpha value is -5.33. The Balaban J connectivity index is 1.21. The molecule has 0 spiro atoms. The maximum atomic E-state index is 15.4. The molecule has 3 aromatic carbocycles. The van der Waals surface area contributed by atoms with E-state index in [0.717, 1.165) is 17.4 Å². The number of aromatic amines is 2. The third kappa shape index (κ3) is 6.64. The van der Waals surface area contributed by atoms with Gasteiger partial charge in [0.2, 0.25) is 0 Å². The molecule has 7 rings (SSSR count). The van der Waals surface area contributed by atoms with Gasteiger partial charge in [-0.15, -0.1) is 0 Å². The summed E-state index contributed by atoms with van der Waals surface area (Å²) < 4.78 is 53.5. The highest BCUT2D eigenvalue weighted by Crippen LogP contribution is 2.34. The summed E-state index contributed by atoms with van der Waals surface area (Å²) in [5.41, 5.74) is 6.79. The number of nitrogens with one attached hydrogen (secondary N) is 3. The summed E-state index contributed by atoms with van der Waals surface area (Å²) in [4.78, 5) is 16.7. The molecule has 0 atom stereocenters. The van der Waals surface area contributed by atoms with Crippen molar-refractivity contribution < 1.29 is 17.2 Å². The Bertz CT molecular complexity index is 2360. The lowest BCUT2D eigenvalue weighted by atomic mass is 10.0. The molecule has 9 nitrogen and oxygen atoms in total. The van der Waals surface area contributed by atoms with E-state index in [2.05, 4.69) is 47.6 Å². The van der Waals surface area contributed by atoms with Gasteiger partial charge in [0, 0.05) is 54.4 Å². The highest BCUT2D eigenvalue weighted by atomic mass is 32.2. The Morgan fingerprint density at radius 3 is 2.49 bits per heavy atom. The number of aromatic nitrogens is 6. The summed E-state index contributed by atoms with van der Waals surface area (Å²) in [6.07, 6.45) is 6.39. The van der Waals surface area contributed by atoms with Gasteiger partial charge in [-0.05, 0) is 70.6 Å². The average Bonchev–Trinajstić information content (AvgIpc) is 3.69. The van der Waals surface area contributed by atoms with Gasteiger partial charge in [0.25, 0.3) is 0 Å². The molecule has 3 N–H and O–H groups in total. The van der Waals surface area contributed by atoms with Gasteiger partial charge in [-0.2, -0.15) is 5.10 Å². The molecule has 0 unspecified atom stereocenters. The fourth-order valence-corrected chi connectivity index (χ4v) is 6.24. The van der Waals surface area contributed by atoms with Crippen molar-refractivity contribution in [1.82, 2.24) is 35.5 Å². The zero-order valence-electron chi connectivity index (χ0n) is 25.3. The highest BCUT2D eigenvalue weighted by molar-refractivity contribution is 7.90. The standard InChI is InChI=1S/C35H29F2N7O2S/c1-47(45,46)10-8-22-11-25(14-27(36)13-22)28-7-9-40-34-32(28)41-35(42-34)33-29-15-24(16-30(37)31(29)43-44-33)26-12-23(19-39-20-26)18-38-17-21-5-3-2-4-6-21/h2-7,9,11-16,19-20,38H,8,10,17-18H2,1H3,(H,43,44)(H,40,41,42). The molecule has 4 aromatic heterocycles. The van der Waals surface area contributed by atoms with Crippen LogP contribution in [0.25, 0.3) is 55.8 Å². The number of pyridine rings is 2. The predicted molar refractivity (Wildman–Crippen MR) is 178 cm³/mol. The van der Waals surface area contributed by atoms with Crippen LogP contribution in [-0.4, -0.2) is 50.6 Å². The van der Waals surface area contributed by atoms with Gasteiger partial charge in [-0.3, -0.25) is 10.1 Å². The zero-order valence-corrected chi connectivity index (χ0v) is 26.1. The van der Waals surface area contributed by atoms with Crippen LogP contribution in [-0.2, 0) is 29.3 Å². The summed E-state index contributed by atoms with van der Waals surface area (Å²) in [6, 6.07) is 21.6. The van der Waals surface area contributed by atoms with Crippen molar-refractivity contribution in [3.63, 3.8) is 0 Å². The minimum atomic E-state index is -3.22. The first-order valence-electron chi connectivity index (χ1n) is 14.9. The van der Waals surface area contributed by atoms with Crippen molar-refractivity contribution in [3.8, 4) is 33.8 Å². The minimum absolute atomic E-state index is 0.0905. The number of aryl methyl sites for hydroxylation is 1. The molecule has 0 saturated heterocycles. The lowest BCUT2D eigenvalue weighted by molar-refractivity contribution is 0.600. The fraction of sp³-hybridized carbons (Fsp3) is 0.143. The highest BCUT2D eigenvalue weighted by Gasteiger charge is 2.19. The van der Waals surface area contributed by atoms with Gasteiger partial charge in [-0.25, -0.2) is 27.2 Å². The van der Waals surface area contributed by atoms with Crippen molar-refractivity contribution >= 4 is 31.9 Å². The van der Waals surface area contributed by atoms with Crippen LogP contribution >= 0.6 is 0 Å². The molecule has 0 saturated carbocycles. The second-order valence-electron chi connectivity index (χ2n) is 11.5. The number of rotatable bonds is 10. The molecular formula is C35H29F2N7O2S. The maximum absolute atomic E-state index is 15.4. The topological polar surface area (TPSA) is 129 Å². The van der Waals surface area contributed by atoms with Crippen LogP contribution in [0.2, 0.25) is 0 Å². The second-order valence-corrected chi connectivity index (χ2v) is 13.8. The monoisotopic (exact) mass is 649 g/mol. The van der Waals surface area contributed by atoms with Crippen LogP contribution in [0, 0.1) is 11.6 Å². The Kier molecular flexibility index (Phi) is 8.04. The van der Waals surface area contributed by atoms with Crippen molar-refractivity contribution in [2.75, 3.05) is 12.0 Å². The molecule has 47 heavy (non-hydrogen) atoms. The SMILES string of the molecule is CS(=O)(=O)CCc1cc(F)cc(-c2ccnc3nc(-c4[nH]nc5c(F)cc(-c6cncc(CNCc7ccccc7)c6)cc45)[nH]c23)c1. The molecule has 0 bridgehead atoms.